The molecule has 2 rings (SSSR count). The van der Waals surface area contributed by atoms with Gasteiger partial charge in [0.05, 0.1) is 0 Å². The molecule has 0 aromatic heterocycles. The van der Waals surface area contributed by atoms with Crippen molar-refractivity contribution in [2.45, 2.75) is 40.2 Å². The van der Waals surface area contributed by atoms with Gasteiger partial charge in [0, 0.05) is 5.56 Å². The summed E-state index contributed by atoms with van der Waals surface area (Å²) in [6.07, 6.45) is 0. The number of aliphatic imine (C=N–C) groups is 1. The lowest BCUT2D eigenvalue weighted by atomic mass is 9.89. The number of aryl methyl sites for hydroxylation is 1. The van der Waals surface area contributed by atoms with Crippen molar-refractivity contribution >= 4 is 11.7 Å². The molecule has 1 aliphatic rings. The highest BCUT2D eigenvalue weighted by Gasteiger charge is 2.42. The molecule has 0 bridgehead atoms. The quantitative estimate of drug-likeness (QED) is 0.853. The predicted molar refractivity (Wildman–Crippen MR) is 73.8 cm³/mol. The van der Waals surface area contributed by atoms with Crippen LogP contribution in [0.25, 0.3) is 0 Å². The van der Waals surface area contributed by atoms with Crippen molar-refractivity contribution < 1.29 is 4.79 Å². The summed E-state index contributed by atoms with van der Waals surface area (Å²) in [6, 6.07) is 6.07. The van der Waals surface area contributed by atoms with Crippen LogP contribution in [0.4, 0.5) is 0 Å². The Bertz CT molecular complexity index is 531. The molecule has 0 spiro atoms. The smallest absolute Gasteiger partial charge is 0.253 e. The Morgan fingerprint density at radius 3 is 2.50 bits per heavy atom. The van der Waals surface area contributed by atoms with Crippen LogP contribution in [0, 0.1) is 19.8 Å². The molecule has 0 aliphatic carbocycles. The molecule has 1 aromatic rings. The Labute approximate surface area is 108 Å². The number of hydrogen-bond donors (Lipinski definition) is 1. The average Bonchev–Trinajstić information content (AvgIpc) is 2.60. The zero-order chi connectivity index (χ0) is 13.5. The summed E-state index contributed by atoms with van der Waals surface area (Å²) >= 11 is 0. The normalized spacial score (nSPS) is 23.2. The van der Waals surface area contributed by atoms with Crippen LogP contribution < -0.4 is 5.32 Å². The van der Waals surface area contributed by atoms with Gasteiger partial charge in [0.1, 0.15) is 11.4 Å². The lowest BCUT2D eigenvalue weighted by Crippen LogP contribution is -2.41. The van der Waals surface area contributed by atoms with Gasteiger partial charge in [0.25, 0.3) is 5.91 Å². The first-order chi connectivity index (χ1) is 8.36. The van der Waals surface area contributed by atoms with Crippen LogP contribution in [-0.4, -0.2) is 17.3 Å². The van der Waals surface area contributed by atoms with Crippen LogP contribution >= 0.6 is 0 Å². The molecular weight excluding hydrogens is 224 g/mol. The minimum absolute atomic E-state index is 0.00611. The molecule has 0 fully saturated rings. The van der Waals surface area contributed by atoms with Crippen molar-refractivity contribution in [1.82, 2.24) is 5.32 Å². The minimum Gasteiger partial charge on any atom is -0.308 e. The van der Waals surface area contributed by atoms with E-state index in [2.05, 4.69) is 30.2 Å². The van der Waals surface area contributed by atoms with Gasteiger partial charge in [-0.25, -0.2) is 0 Å². The second-order valence-corrected chi connectivity index (χ2v) is 5.46. The molecule has 0 saturated heterocycles. The first-order valence-electron chi connectivity index (χ1n) is 6.34. The minimum atomic E-state index is -0.647. The molecule has 1 aliphatic heterocycles. The molecular formula is C15H20N2O. The maximum atomic E-state index is 12.1. The van der Waals surface area contributed by atoms with Gasteiger partial charge >= 0.3 is 0 Å². The van der Waals surface area contributed by atoms with Crippen LogP contribution in [0.15, 0.2) is 23.2 Å². The van der Waals surface area contributed by atoms with E-state index in [1.165, 1.54) is 11.1 Å². The predicted octanol–water partition coefficient (Wildman–Crippen LogP) is 2.59. The van der Waals surface area contributed by atoms with Crippen molar-refractivity contribution in [1.29, 1.82) is 0 Å². The molecule has 0 saturated carbocycles. The number of nitrogens with one attached hydrogen (secondary N) is 1. The fraction of sp³-hybridized carbons (Fsp3) is 0.467. The maximum absolute atomic E-state index is 12.1. The maximum Gasteiger partial charge on any atom is 0.253 e. The third-order valence-corrected chi connectivity index (χ3v) is 4.02. The molecule has 1 heterocycles. The van der Waals surface area contributed by atoms with E-state index < -0.39 is 5.54 Å². The van der Waals surface area contributed by atoms with Gasteiger partial charge in [-0.15, -0.1) is 0 Å². The molecule has 1 amide bonds. The summed E-state index contributed by atoms with van der Waals surface area (Å²) in [4.78, 5) is 16.7. The van der Waals surface area contributed by atoms with E-state index in [4.69, 9.17) is 0 Å². The van der Waals surface area contributed by atoms with Gasteiger partial charge in [0.15, 0.2) is 0 Å². The standard InChI is InChI=1S/C15H20N2O/c1-9(2)15(5)14(18)16-13(17-15)12-8-6-7-10(3)11(12)4/h6-9H,1-5H3,(H,16,17,18). The van der Waals surface area contributed by atoms with E-state index in [1.54, 1.807) is 0 Å². The van der Waals surface area contributed by atoms with Crippen LogP contribution in [0.5, 0.6) is 0 Å². The molecule has 3 heteroatoms. The molecule has 18 heavy (non-hydrogen) atoms. The van der Waals surface area contributed by atoms with E-state index in [1.807, 2.05) is 32.9 Å². The Morgan fingerprint density at radius 1 is 1.28 bits per heavy atom. The highest BCUT2D eigenvalue weighted by molar-refractivity contribution is 6.15. The number of hydrogen-bond acceptors (Lipinski definition) is 2. The lowest BCUT2D eigenvalue weighted by molar-refractivity contribution is -0.124. The Hall–Kier alpha value is -1.64. The molecule has 0 radical (unpaired) electrons. The molecule has 1 unspecified atom stereocenters. The first kappa shape index (κ1) is 12.8. The topological polar surface area (TPSA) is 41.5 Å². The third kappa shape index (κ3) is 1.84. The third-order valence-electron chi connectivity index (χ3n) is 4.02. The zero-order valence-electron chi connectivity index (χ0n) is 11.7. The zero-order valence-corrected chi connectivity index (χ0v) is 11.7. The number of carbonyl (C=O) groups is 1. The van der Waals surface area contributed by atoms with E-state index >= 15 is 0 Å². The van der Waals surface area contributed by atoms with E-state index in [0.29, 0.717) is 5.84 Å². The molecule has 96 valence electrons. The van der Waals surface area contributed by atoms with Gasteiger partial charge in [-0.2, -0.15) is 0 Å². The Balaban J connectivity index is 2.48. The SMILES string of the molecule is Cc1cccc(C2=NC(C)(C(C)C)C(=O)N2)c1C. The van der Waals surface area contributed by atoms with Crippen molar-refractivity contribution in [3.63, 3.8) is 0 Å². The van der Waals surface area contributed by atoms with Crippen molar-refractivity contribution in [2.75, 3.05) is 0 Å². The van der Waals surface area contributed by atoms with Crippen LogP contribution in [0.2, 0.25) is 0 Å². The summed E-state index contributed by atoms with van der Waals surface area (Å²) in [7, 11) is 0. The monoisotopic (exact) mass is 244 g/mol. The molecule has 1 atom stereocenters. The van der Waals surface area contributed by atoms with Crippen LogP contribution in [0.1, 0.15) is 37.5 Å². The summed E-state index contributed by atoms with van der Waals surface area (Å²) in [5.41, 5.74) is 2.76. The van der Waals surface area contributed by atoms with E-state index in [0.717, 1.165) is 5.56 Å². The first-order valence-corrected chi connectivity index (χ1v) is 6.34. The van der Waals surface area contributed by atoms with Crippen molar-refractivity contribution in [3.05, 3.63) is 34.9 Å². The van der Waals surface area contributed by atoms with Gasteiger partial charge in [0.2, 0.25) is 0 Å². The van der Waals surface area contributed by atoms with Crippen molar-refractivity contribution in [2.24, 2.45) is 10.9 Å². The highest BCUT2D eigenvalue weighted by Crippen LogP contribution is 2.27. The number of carbonyl (C=O) groups excluding carboxylic acids is 1. The number of rotatable bonds is 2. The van der Waals surface area contributed by atoms with Crippen LogP contribution in [-0.2, 0) is 4.79 Å². The van der Waals surface area contributed by atoms with Gasteiger partial charge in [-0.3, -0.25) is 9.79 Å². The van der Waals surface area contributed by atoms with Crippen LogP contribution in [0.3, 0.4) is 0 Å². The van der Waals surface area contributed by atoms with E-state index in [-0.39, 0.29) is 11.8 Å². The van der Waals surface area contributed by atoms with Gasteiger partial charge < -0.3 is 5.32 Å². The summed E-state index contributed by atoms with van der Waals surface area (Å²) < 4.78 is 0. The second-order valence-electron chi connectivity index (χ2n) is 5.46. The van der Waals surface area contributed by atoms with E-state index in [9.17, 15) is 4.79 Å². The molecule has 1 aromatic carbocycles. The largest absolute Gasteiger partial charge is 0.308 e. The number of amides is 1. The Morgan fingerprint density at radius 2 is 1.94 bits per heavy atom. The van der Waals surface area contributed by atoms with Gasteiger partial charge in [-0.1, -0.05) is 32.0 Å². The number of amidine groups is 1. The Kier molecular flexibility index (Phi) is 3.01. The lowest BCUT2D eigenvalue weighted by Gasteiger charge is -2.21. The fourth-order valence-electron chi connectivity index (χ4n) is 2.07. The summed E-state index contributed by atoms with van der Waals surface area (Å²) in [5.74, 6) is 0.880. The second kappa shape index (κ2) is 4.23. The summed E-state index contributed by atoms with van der Waals surface area (Å²) in [5, 5.41) is 2.92. The highest BCUT2D eigenvalue weighted by atomic mass is 16.2. The molecule has 1 N–H and O–H groups in total. The average molecular weight is 244 g/mol. The number of nitrogens with zero attached hydrogens (tertiary/aromatic N) is 1. The summed E-state index contributed by atoms with van der Waals surface area (Å²) in [6.45, 7) is 10.1. The molecule has 3 nitrogen and oxygen atoms in total. The van der Waals surface area contributed by atoms with Gasteiger partial charge in [-0.05, 0) is 37.8 Å². The fourth-order valence-corrected chi connectivity index (χ4v) is 2.07. The number of benzene rings is 1. The van der Waals surface area contributed by atoms with Crippen molar-refractivity contribution in [3.8, 4) is 0 Å².